The lowest BCUT2D eigenvalue weighted by atomic mass is 9.59. The predicted molar refractivity (Wildman–Crippen MR) is 257 cm³/mol. The number of carbonyl (C=O) groups excluding carboxylic acids is 1. The number of nitrogens with one attached hydrogen (secondary N) is 2. The van der Waals surface area contributed by atoms with Crippen LogP contribution in [0.5, 0.6) is 28.9 Å². The molecule has 5 aliphatic rings. The number of sulfonamides is 1. The summed E-state index contributed by atoms with van der Waals surface area (Å²) in [6.07, 6.45) is 7.82. The van der Waals surface area contributed by atoms with E-state index in [1.54, 1.807) is 31.3 Å². The molecule has 17 nitrogen and oxygen atoms in total. The van der Waals surface area contributed by atoms with Crippen molar-refractivity contribution >= 4 is 38.3 Å². The van der Waals surface area contributed by atoms with Gasteiger partial charge in [0.05, 0.1) is 47.3 Å². The molecule has 2 aliphatic carbocycles. The van der Waals surface area contributed by atoms with E-state index in [2.05, 4.69) is 62.6 Å². The number of H-pyrrole nitrogens is 1. The Morgan fingerprint density at radius 2 is 1.77 bits per heavy atom. The highest BCUT2D eigenvalue weighted by molar-refractivity contribution is 7.90. The third-order valence-electron chi connectivity index (χ3n) is 15.3. The van der Waals surface area contributed by atoms with Gasteiger partial charge in [0, 0.05) is 61.1 Å². The number of hydrogen-bond donors (Lipinski definition) is 3. The summed E-state index contributed by atoms with van der Waals surface area (Å²) >= 11 is 0. The Balaban J connectivity index is 0.876. The lowest BCUT2D eigenvalue weighted by Gasteiger charge is -2.57. The molecule has 5 aromatic rings. The van der Waals surface area contributed by atoms with Crippen molar-refractivity contribution < 1.29 is 46.9 Å². The number of pyridine rings is 1. The minimum Gasteiger partial charge on any atom is -0.485 e. The molecule has 0 bridgehead atoms. The van der Waals surface area contributed by atoms with Gasteiger partial charge in [-0.25, -0.2) is 13.1 Å². The van der Waals surface area contributed by atoms with E-state index in [1.807, 2.05) is 6.07 Å². The number of nitro groups is 1. The molecule has 2 aromatic heterocycles. The van der Waals surface area contributed by atoms with Crippen molar-refractivity contribution in [3.63, 3.8) is 0 Å². The standard InChI is InChI=1S/C51H60N6O11S/c1-31(2)37-7-5-6-8-38(37)41-29-65-22-21-56(41)35-27-51(28-35)16-19-55(20-17-51)34-9-10-39(42(24-34)67-44-23-33-13-18-52-47(33)53-49(44)64-4)48(58)54-69(62,63)36-25-40(57(60)61)46-43(26-36)66-30-45(68-46)32-11-14-50(3,59)15-12-32/h5-10,13,18,23-26,31-32,35,41,45,59H,11-12,14-17,19-22,27-30H2,1-4H3,(H,52,53)(H,54,58)/t32?,41-,45-,50?/m0/s1. The SMILES string of the molecule is COc1nc2[nH]ccc2cc1Oc1cc(N2CCC3(CC2)CC(N2CCOC[C@H]2c2ccccc2C(C)C)C3)ccc1C(=O)NS(=O)(=O)c1cc2c(c([N+](=O)[O-])c1)O[C@H](C1CCC(C)(O)CC1)CO2. The zero-order valence-corrected chi connectivity index (χ0v) is 40.3. The predicted octanol–water partition coefficient (Wildman–Crippen LogP) is 8.42. The highest BCUT2D eigenvalue weighted by Gasteiger charge is 2.50. The summed E-state index contributed by atoms with van der Waals surface area (Å²) in [5, 5.41) is 23.6. The van der Waals surface area contributed by atoms with Gasteiger partial charge in [0.25, 0.3) is 21.8 Å². The van der Waals surface area contributed by atoms with Crippen molar-refractivity contribution in [3.8, 4) is 28.9 Å². The zero-order valence-electron chi connectivity index (χ0n) is 39.4. The van der Waals surface area contributed by atoms with Crippen LogP contribution in [0, 0.1) is 21.4 Å². The summed E-state index contributed by atoms with van der Waals surface area (Å²) in [6, 6.07) is 20.0. The van der Waals surface area contributed by atoms with Gasteiger partial charge >= 0.3 is 5.69 Å². The monoisotopic (exact) mass is 964 g/mol. The maximum Gasteiger partial charge on any atom is 0.316 e. The number of hydrogen-bond acceptors (Lipinski definition) is 14. The maximum atomic E-state index is 14.2. The molecule has 3 N–H and O–H groups in total. The number of carbonyl (C=O) groups is 1. The molecule has 69 heavy (non-hydrogen) atoms. The molecular formula is C51H60N6O11S. The molecule has 3 aliphatic heterocycles. The maximum absolute atomic E-state index is 14.2. The molecule has 0 unspecified atom stereocenters. The number of nitro benzene ring substituents is 1. The third-order valence-corrected chi connectivity index (χ3v) is 16.6. The Morgan fingerprint density at radius 1 is 1.00 bits per heavy atom. The van der Waals surface area contributed by atoms with Crippen LogP contribution in [0.25, 0.3) is 11.0 Å². The first-order valence-corrected chi connectivity index (χ1v) is 25.5. The molecule has 1 spiro atoms. The largest absolute Gasteiger partial charge is 0.485 e. The average Bonchev–Trinajstić information content (AvgIpc) is 3.79. The van der Waals surface area contributed by atoms with Crippen LogP contribution in [0.1, 0.15) is 106 Å². The van der Waals surface area contributed by atoms with Gasteiger partial charge in [-0.05, 0) is 111 Å². The van der Waals surface area contributed by atoms with E-state index in [9.17, 15) is 28.4 Å². The fraction of sp³-hybridized carbons (Fsp3) is 0.490. The van der Waals surface area contributed by atoms with Gasteiger partial charge in [-0.1, -0.05) is 38.1 Å². The number of rotatable bonds is 12. The summed E-state index contributed by atoms with van der Waals surface area (Å²) in [7, 11) is -3.28. The second-order valence-electron chi connectivity index (χ2n) is 20.1. The molecule has 10 rings (SSSR count). The van der Waals surface area contributed by atoms with Crippen LogP contribution in [-0.4, -0.2) is 104 Å². The van der Waals surface area contributed by atoms with E-state index in [0.29, 0.717) is 49.9 Å². The van der Waals surface area contributed by atoms with Gasteiger partial charge in [-0.3, -0.25) is 19.8 Å². The summed E-state index contributed by atoms with van der Waals surface area (Å²) in [4.78, 5) is 37.9. The molecule has 366 valence electrons. The first kappa shape index (κ1) is 46.8. The average molecular weight is 965 g/mol. The first-order chi connectivity index (χ1) is 33.1. The smallest absolute Gasteiger partial charge is 0.316 e. The van der Waals surface area contributed by atoms with Gasteiger partial charge in [0.1, 0.15) is 24.1 Å². The number of aliphatic hydroxyl groups is 1. The number of fused-ring (bicyclic) bond motifs is 2. The molecule has 2 saturated heterocycles. The second kappa shape index (κ2) is 18.4. The van der Waals surface area contributed by atoms with Crippen LogP contribution in [0.15, 0.2) is 77.8 Å². The van der Waals surface area contributed by atoms with E-state index >= 15 is 0 Å². The van der Waals surface area contributed by atoms with Crippen molar-refractivity contribution in [2.45, 2.75) is 107 Å². The number of ether oxygens (including phenoxy) is 5. The van der Waals surface area contributed by atoms with Crippen molar-refractivity contribution in [3.05, 3.63) is 99.7 Å². The van der Waals surface area contributed by atoms with E-state index in [0.717, 1.165) is 75.1 Å². The topological polar surface area (TPSA) is 208 Å². The number of aromatic amines is 1. The van der Waals surface area contributed by atoms with Gasteiger partial charge in [-0.15, -0.1) is 0 Å². The zero-order chi connectivity index (χ0) is 48.2. The normalized spacial score (nSPS) is 24.0. The fourth-order valence-corrected chi connectivity index (χ4v) is 12.3. The van der Waals surface area contributed by atoms with E-state index in [4.69, 9.17) is 23.7 Å². The summed E-state index contributed by atoms with van der Waals surface area (Å²) in [5.41, 5.74) is 2.83. The molecule has 18 heteroatoms. The molecule has 2 saturated carbocycles. The van der Waals surface area contributed by atoms with Crippen LogP contribution in [0.4, 0.5) is 11.4 Å². The number of benzene rings is 3. The van der Waals surface area contributed by atoms with Crippen molar-refractivity contribution in [1.29, 1.82) is 0 Å². The number of aromatic nitrogens is 2. The second-order valence-corrected chi connectivity index (χ2v) is 21.8. The Labute approximate surface area is 401 Å². The van der Waals surface area contributed by atoms with Gasteiger partial charge in [0.15, 0.2) is 11.5 Å². The van der Waals surface area contributed by atoms with Gasteiger partial charge < -0.3 is 38.7 Å². The van der Waals surface area contributed by atoms with Crippen LogP contribution in [-0.2, 0) is 14.8 Å². The van der Waals surface area contributed by atoms with Gasteiger partial charge in [-0.2, -0.15) is 4.98 Å². The van der Waals surface area contributed by atoms with Crippen LogP contribution in [0.2, 0.25) is 0 Å². The highest BCUT2D eigenvalue weighted by Crippen LogP contribution is 2.54. The Hall–Kier alpha value is -5.95. The molecule has 1 amide bonds. The lowest BCUT2D eigenvalue weighted by molar-refractivity contribution is -0.386. The van der Waals surface area contributed by atoms with Gasteiger partial charge in [0.2, 0.25) is 5.75 Å². The van der Waals surface area contributed by atoms with Crippen LogP contribution < -0.4 is 28.6 Å². The third kappa shape index (κ3) is 9.31. The Bertz CT molecular complexity index is 2860. The van der Waals surface area contributed by atoms with E-state index in [-0.39, 0.29) is 58.4 Å². The van der Waals surface area contributed by atoms with Crippen molar-refractivity contribution in [2.75, 3.05) is 51.5 Å². The lowest BCUT2D eigenvalue weighted by Crippen LogP contribution is -2.58. The molecule has 0 radical (unpaired) electrons. The van der Waals surface area contributed by atoms with E-state index < -0.39 is 43.1 Å². The highest BCUT2D eigenvalue weighted by atomic mass is 32.2. The summed E-state index contributed by atoms with van der Waals surface area (Å²) < 4.78 is 60.4. The number of piperidine rings is 1. The van der Waals surface area contributed by atoms with Crippen LogP contribution in [0.3, 0.4) is 0 Å². The summed E-state index contributed by atoms with van der Waals surface area (Å²) in [5.74, 6) is -0.511. The number of nitrogens with zero attached hydrogens (tertiary/aromatic N) is 4. The Kier molecular flexibility index (Phi) is 12.5. The number of amides is 1. The number of anilines is 1. The minimum absolute atomic E-state index is 0.0147. The van der Waals surface area contributed by atoms with Crippen molar-refractivity contribution in [1.82, 2.24) is 19.6 Å². The minimum atomic E-state index is -4.73. The fourth-order valence-electron chi connectivity index (χ4n) is 11.3. The summed E-state index contributed by atoms with van der Waals surface area (Å²) in [6.45, 7) is 10.2. The molecule has 2 atom stereocenters. The molecule has 5 heterocycles. The molecular weight excluding hydrogens is 905 g/mol. The van der Waals surface area contributed by atoms with E-state index in [1.165, 1.54) is 24.3 Å². The van der Waals surface area contributed by atoms with Crippen molar-refractivity contribution in [2.24, 2.45) is 11.3 Å². The number of methoxy groups -OCH3 is 1. The quantitative estimate of drug-likeness (QED) is 0.0793. The van der Waals surface area contributed by atoms with Crippen LogP contribution >= 0.6 is 0 Å². The first-order valence-electron chi connectivity index (χ1n) is 24.0. The number of morpholine rings is 1. The molecule has 3 aromatic carbocycles. The molecule has 4 fully saturated rings. The Morgan fingerprint density at radius 3 is 2.51 bits per heavy atom.